The van der Waals surface area contributed by atoms with E-state index in [1.165, 1.54) is 6.07 Å². The highest BCUT2D eigenvalue weighted by Crippen LogP contribution is 2.18. The molecule has 1 fully saturated rings. The quantitative estimate of drug-likeness (QED) is 0.749. The first-order chi connectivity index (χ1) is 8.56. The van der Waals surface area contributed by atoms with E-state index in [4.69, 9.17) is 5.11 Å². The zero-order valence-corrected chi connectivity index (χ0v) is 9.57. The van der Waals surface area contributed by atoms with E-state index >= 15 is 0 Å². The molecule has 6 heteroatoms. The van der Waals surface area contributed by atoms with Gasteiger partial charge in [0.05, 0.1) is 11.3 Å². The number of amides is 1. The van der Waals surface area contributed by atoms with Crippen molar-refractivity contribution >= 4 is 17.6 Å². The molecule has 1 aromatic rings. The largest absolute Gasteiger partial charge is 0.478 e. The first-order valence-corrected chi connectivity index (χ1v) is 5.59. The molecule has 5 nitrogen and oxygen atoms in total. The third-order valence-corrected chi connectivity index (χ3v) is 2.83. The van der Waals surface area contributed by atoms with Crippen molar-refractivity contribution in [2.45, 2.75) is 6.42 Å². The number of hydrogen-bond donors (Lipinski definition) is 3. The Bertz CT molecular complexity index is 486. The van der Waals surface area contributed by atoms with E-state index in [2.05, 4.69) is 10.6 Å². The van der Waals surface area contributed by atoms with Gasteiger partial charge in [0.15, 0.2) is 0 Å². The van der Waals surface area contributed by atoms with Gasteiger partial charge in [0.2, 0.25) is 5.91 Å². The van der Waals surface area contributed by atoms with Crippen LogP contribution < -0.4 is 10.6 Å². The predicted molar refractivity (Wildman–Crippen MR) is 63.0 cm³/mol. The average molecular weight is 252 g/mol. The van der Waals surface area contributed by atoms with Crippen molar-refractivity contribution in [2.75, 3.05) is 18.4 Å². The molecule has 0 radical (unpaired) electrons. The molecule has 0 spiro atoms. The van der Waals surface area contributed by atoms with Gasteiger partial charge in [-0.05, 0) is 37.2 Å². The van der Waals surface area contributed by atoms with Crippen molar-refractivity contribution in [3.05, 3.63) is 29.6 Å². The summed E-state index contributed by atoms with van der Waals surface area (Å²) in [6.07, 6.45) is 0.337. The van der Waals surface area contributed by atoms with E-state index < -0.39 is 11.8 Å². The van der Waals surface area contributed by atoms with Crippen LogP contribution in [-0.4, -0.2) is 30.1 Å². The van der Waals surface area contributed by atoms with Crippen molar-refractivity contribution in [3.63, 3.8) is 0 Å². The van der Waals surface area contributed by atoms with Gasteiger partial charge in [-0.25, -0.2) is 9.18 Å². The van der Waals surface area contributed by atoms with E-state index in [-0.39, 0.29) is 17.2 Å². The second kappa shape index (κ2) is 5.14. The summed E-state index contributed by atoms with van der Waals surface area (Å²) in [6, 6.07) is 3.27. The Morgan fingerprint density at radius 2 is 2.17 bits per heavy atom. The SMILES string of the molecule is O=C(CC1CNC1)Nc1ccc(F)cc1C(=O)O. The topological polar surface area (TPSA) is 78.4 Å². The molecule has 18 heavy (non-hydrogen) atoms. The van der Waals surface area contributed by atoms with E-state index in [0.29, 0.717) is 12.3 Å². The van der Waals surface area contributed by atoms with E-state index in [1.54, 1.807) is 0 Å². The summed E-state index contributed by atoms with van der Waals surface area (Å²) < 4.78 is 12.9. The fourth-order valence-electron chi connectivity index (χ4n) is 1.76. The molecule has 1 aliphatic heterocycles. The molecule has 1 aromatic carbocycles. The minimum absolute atomic E-state index is 0.126. The number of carbonyl (C=O) groups excluding carboxylic acids is 1. The second-order valence-corrected chi connectivity index (χ2v) is 4.27. The molecule has 1 aliphatic rings. The molecule has 0 aliphatic carbocycles. The van der Waals surface area contributed by atoms with Crippen LogP contribution in [-0.2, 0) is 4.79 Å². The lowest BCUT2D eigenvalue weighted by Crippen LogP contribution is -2.43. The van der Waals surface area contributed by atoms with Crippen LogP contribution in [0.5, 0.6) is 0 Å². The zero-order valence-electron chi connectivity index (χ0n) is 9.57. The Labute approximate surface area is 103 Å². The molecule has 1 heterocycles. The monoisotopic (exact) mass is 252 g/mol. The maximum absolute atomic E-state index is 12.9. The predicted octanol–water partition coefficient (Wildman–Crippen LogP) is 1.07. The number of rotatable bonds is 4. The second-order valence-electron chi connectivity index (χ2n) is 4.27. The molecule has 2 rings (SSSR count). The lowest BCUT2D eigenvalue weighted by molar-refractivity contribution is -0.117. The van der Waals surface area contributed by atoms with Crippen molar-refractivity contribution in [2.24, 2.45) is 5.92 Å². The van der Waals surface area contributed by atoms with E-state index in [1.807, 2.05) is 0 Å². The number of hydrogen-bond acceptors (Lipinski definition) is 3. The van der Waals surface area contributed by atoms with Gasteiger partial charge in [0.25, 0.3) is 0 Å². The molecule has 0 saturated carbocycles. The van der Waals surface area contributed by atoms with Crippen LogP contribution in [0.2, 0.25) is 0 Å². The summed E-state index contributed by atoms with van der Waals surface area (Å²) in [4.78, 5) is 22.6. The first-order valence-electron chi connectivity index (χ1n) is 5.59. The number of carboxylic acids is 1. The average Bonchev–Trinajstić information content (AvgIpc) is 2.26. The Morgan fingerprint density at radius 3 is 2.72 bits per heavy atom. The summed E-state index contributed by atoms with van der Waals surface area (Å²) in [5.74, 6) is -1.88. The van der Waals surface area contributed by atoms with Crippen LogP contribution >= 0.6 is 0 Å². The standard InChI is InChI=1S/C12H13FN2O3/c13-8-1-2-10(9(4-8)12(17)18)15-11(16)3-7-5-14-6-7/h1-2,4,7,14H,3,5-6H2,(H,15,16)(H,17,18). The zero-order chi connectivity index (χ0) is 13.1. The molecular formula is C12H13FN2O3. The lowest BCUT2D eigenvalue weighted by Gasteiger charge is -2.26. The van der Waals surface area contributed by atoms with Gasteiger partial charge in [-0.15, -0.1) is 0 Å². The van der Waals surface area contributed by atoms with Crippen molar-refractivity contribution in [3.8, 4) is 0 Å². The third kappa shape index (κ3) is 2.84. The lowest BCUT2D eigenvalue weighted by atomic mass is 9.99. The maximum Gasteiger partial charge on any atom is 0.337 e. The van der Waals surface area contributed by atoms with Gasteiger partial charge in [0, 0.05) is 6.42 Å². The number of halogens is 1. The van der Waals surface area contributed by atoms with Crippen molar-refractivity contribution in [1.82, 2.24) is 5.32 Å². The molecule has 0 aromatic heterocycles. The van der Waals surface area contributed by atoms with Crippen LogP contribution in [0.25, 0.3) is 0 Å². The van der Waals surface area contributed by atoms with Gasteiger partial charge in [0.1, 0.15) is 5.82 Å². The fourth-order valence-corrected chi connectivity index (χ4v) is 1.76. The summed E-state index contributed by atoms with van der Waals surface area (Å²) in [7, 11) is 0. The van der Waals surface area contributed by atoms with Crippen LogP contribution in [0, 0.1) is 11.7 Å². The van der Waals surface area contributed by atoms with Crippen LogP contribution in [0.3, 0.4) is 0 Å². The maximum atomic E-state index is 12.9. The minimum atomic E-state index is -1.27. The normalized spacial score (nSPS) is 14.9. The molecule has 96 valence electrons. The highest BCUT2D eigenvalue weighted by Gasteiger charge is 2.21. The van der Waals surface area contributed by atoms with E-state index in [9.17, 15) is 14.0 Å². The van der Waals surface area contributed by atoms with Crippen molar-refractivity contribution < 1.29 is 19.1 Å². The number of benzene rings is 1. The molecule has 1 amide bonds. The van der Waals surface area contributed by atoms with Gasteiger partial charge in [-0.3, -0.25) is 4.79 Å². The van der Waals surface area contributed by atoms with Gasteiger partial charge < -0.3 is 15.7 Å². The fraction of sp³-hybridized carbons (Fsp3) is 0.333. The van der Waals surface area contributed by atoms with Gasteiger partial charge in [-0.1, -0.05) is 0 Å². The Kier molecular flexibility index (Phi) is 3.57. The Morgan fingerprint density at radius 1 is 1.44 bits per heavy atom. The highest BCUT2D eigenvalue weighted by atomic mass is 19.1. The summed E-state index contributed by atoms with van der Waals surface area (Å²) in [5.41, 5.74) is -0.115. The number of carbonyl (C=O) groups is 2. The molecular weight excluding hydrogens is 239 g/mol. The molecule has 0 unspecified atom stereocenters. The molecule has 3 N–H and O–H groups in total. The number of nitrogens with one attached hydrogen (secondary N) is 2. The molecule has 1 saturated heterocycles. The van der Waals surface area contributed by atoms with Gasteiger partial charge >= 0.3 is 5.97 Å². The van der Waals surface area contributed by atoms with E-state index in [0.717, 1.165) is 25.2 Å². The molecule has 0 bridgehead atoms. The number of aromatic carboxylic acids is 1. The van der Waals surface area contributed by atoms with Gasteiger partial charge in [-0.2, -0.15) is 0 Å². The minimum Gasteiger partial charge on any atom is -0.478 e. The number of carboxylic acid groups (broad SMARTS) is 1. The first kappa shape index (κ1) is 12.5. The molecule has 0 atom stereocenters. The smallest absolute Gasteiger partial charge is 0.337 e. The third-order valence-electron chi connectivity index (χ3n) is 2.83. The van der Waals surface area contributed by atoms with Crippen LogP contribution in [0.15, 0.2) is 18.2 Å². The van der Waals surface area contributed by atoms with Crippen molar-refractivity contribution in [1.29, 1.82) is 0 Å². The van der Waals surface area contributed by atoms with Crippen LogP contribution in [0.4, 0.5) is 10.1 Å². The number of anilines is 1. The summed E-state index contributed by atoms with van der Waals surface area (Å²) in [5, 5.41) is 14.5. The summed E-state index contributed by atoms with van der Waals surface area (Å²) in [6.45, 7) is 1.59. The van der Waals surface area contributed by atoms with Crippen LogP contribution in [0.1, 0.15) is 16.8 Å². The highest BCUT2D eigenvalue weighted by molar-refractivity contribution is 6.00. The summed E-state index contributed by atoms with van der Waals surface area (Å²) >= 11 is 0. The Balaban J connectivity index is 2.07. The Hall–Kier alpha value is -1.95.